The highest BCUT2D eigenvalue weighted by atomic mass is 16.5. The van der Waals surface area contributed by atoms with E-state index >= 15 is 0 Å². The lowest BCUT2D eigenvalue weighted by molar-refractivity contribution is -0.139. The summed E-state index contributed by atoms with van der Waals surface area (Å²) in [4.78, 5) is 32.3. The van der Waals surface area contributed by atoms with Gasteiger partial charge in [-0.15, -0.1) is 0 Å². The molecule has 7 heteroatoms. The first kappa shape index (κ1) is 15.2. The molecule has 1 atom stereocenters. The summed E-state index contributed by atoms with van der Waals surface area (Å²) in [6, 6.07) is 0. The first-order valence-corrected chi connectivity index (χ1v) is 7.76. The number of amides is 1. The van der Waals surface area contributed by atoms with Crippen LogP contribution in [0.1, 0.15) is 30.5 Å². The van der Waals surface area contributed by atoms with Crippen LogP contribution in [0.15, 0.2) is 11.1 Å². The molecule has 2 aliphatic heterocycles. The van der Waals surface area contributed by atoms with E-state index in [1.54, 1.807) is 4.90 Å². The summed E-state index contributed by atoms with van der Waals surface area (Å²) in [5.41, 5.74) is 1.20. The Morgan fingerprint density at radius 1 is 1.50 bits per heavy atom. The molecule has 0 spiro atoms. The molecule has 22 heavy (non-hydrogen) atoms. The van der Waals surface area contributed by atoms with E-state index in [0.29, 0.717) is 31.7 Å². The molecule has 7 nitrogen and oxygen atoms in total. The molecule has 1 fully saturated rings. The van der Waals surface area contributed by atoms with Crippen molar-refractivity contribution < 1.29 is 14.3 Å². The van der Waals surface area contributed by atoms with E-state index in [0.717, 1.165) is 31.6 Å². The molecule has 1 aromatic rings. The minimum absolute atomic E-state index is 0.0351. The van der Waals surface area contributed by atoms with Gasteiger partial charge in [-0.1, -0.05) is 0 Å². The fourth-order valence-corrected chi connectivity index (χ4v) is 2.87. The van der Waals surface area contributed by atoms with Crippen molar-refractivity contribution in [2.45, 2.75) is 38.3 Å². The smallest absolute Gasteiger partial charge is 0.255 e. The zero-order chi connectivity index (χ0) is 15.4. The number of carbonyl (C=O) groups is 1. The molecule has 0 bridgehead atoms. The van der Waals surface area contributed by atoms with E-state index in [1.165, 1.54) is 6.33 Å². The van der Waals surface area contributed by atoms with Gasteiger partial charge in [-0.05, 0) is 19.3 Å². The maximum absolute atomic E-state index is 12.2. The van der Waals surface area contributed by atoms with Crippen molar-refractivity contribution in [3.05, 3.63) is 27.9 Å². The van der Waals surface area contributed by atoms with Gasteiger partial charge < -0.3 is 19.4 Å². The second-order valence-electron chi connectivity index (χ2n) is 5.73. The van der Waals surface area contributed by atoms with Crippen molar-refractivity contribution in [2.75, 3.05) is 26.4 Å². The number of nitrogens with one attached hydrogen (secondary N) is 1. The van der Waals surface area contributed by atoms with Gasteiger partial charge in [0, 0.05) is 19.6 Å². The van der Waals surface area contributed by atoms with E-state index in [-0.39, 0.29) is 24.2 Å². The highest BCUT2D eigenvalue weighted by Crippen LogP contribution is 2.14. The number of ether oxygens (including phenoxy) is 2. The van der Waals surface area contributed by atoms with Crippen LogP contribution in [0.3, 0.4) is 0 Å². The zero-order valence-electron chi connectivity index (χ0n) is 12.5. The minimum atomic E-state index is -0.168. The number of aromatic amines is 1. The van der Waals surface area contributed by atoms with Gasteiger partial charge in [0.1, 0.15) is 6.61 Å². The van der Waals surface area contributed by atoms with Crippen molar-refractivity contribution in [1.82, 2.24) is 14.9 Å². The van der Waals surface area contributed by atoms with Gasteiger partial charge in [0.05, 0.1) is 36.8 Å². The number of H-pyrrole nitrogens is 1. The molecule has 0 unspecified atom stereocenters. The molecule has 1 saturated heterocycles. The number of carbonyl (C=O) groups excluding carboxylic acids is 1. The van der Waals surface area contributed by atoms with E-state index in [2.05, 4.69) is 9.97 Å². The van der Waals surface area contributed by atoms with Crippen LogP contribution in [0, 0.1) is 0 Å². The van der Waals surface area contributed by atoms with E-state index in [9.17, 15) is 9.59 Å². The van der Waals surface area contributed by atoms with Crippen LogP contribution >= 0.6 is 0 Å². The number of rotatable bonds is 4. The summed E-state index contributed by atoms with van der Waals surface area (Å²) in [5, 5.41) is 0. The maximum atomic E-state index is 12.2. The Morgan fingerprint density at radius 2 is 2.41 bits per heavy atom. The number of aromatic nitrogens is 2. The second-order valence-corrected chi connectivity index (χ2v) is 5.73. The predicted molar refractivity (Wildman–Crippen MR) is 78.4 cm³/mol. The van der Waals surface area contributed by atoms with Crippen LogP contribution in [0.25, 0.3) is 0 Å². The molecular formula is C15H21N3O4. The van der Waals surface area contributed by atoms with Gasteiger partial charge in [0.25, 0.3) is 5.56 Å². The van der Waals surface area contributed by atoms with Crippen LogP contribution in [0.2, 0.25) is 0 Å². The van der Waals surface area contributed by atoms with Crippen molar-refractivity contribution in [2.24, 2.45) is 0 Å². The molecule has 1 aromatic heterocycles. The first-order chi connectivity index (χ1) is 10.7. The third kappa shape index (κ3) is 3.53. The molecule has 0 aromatic carbocycles. The van der Waals surface area contributed by atoms with Crippen molar-refractivity contribution >= 4 is 5.91 Å². The lowest BCUT2D eigenvalue weighted by Crippen LogP contribution is -2.41. The topological polar surface area (TPSA) is 84.5 Å². The van der Waals surface area contributed by atoms with Crippen LogP contribution in [0.5, 0.6) is 0 Å². The normalized spacial score (nSPS) is 21.5. The SMILES string of the molecule is O=C(COC[C@H]1CCCCO1)N1CCc2nc[nH]c(=O)c2C1. The average molecular weight is 307 g/mol. The van der Waals surface area contributed by atoms with Gasteiger partial charge in [-0.25, -0.2) is 4.98 Å². The maximum Gasteiger partial charge on any atom is 0.255 e. The first-order valence-electron chi connectivity index (χ1n) is 7.76. The number of nitrogens with zero attached hydrogens (tertiary/aromatic N) is 2. The molecule has 0 radical (unpaired) electrons. The summed E-state index contributed by atoms with van der Waals surface area (Å²) in [6.45, 7) is 2.15. The minimum Gasteiger partial charge on any atom is -0.376 e. The Bertz CT molecular complexity index is 580. The molecule has 1 N–H and O–H groups in total. The lowest BCUT2D eigenvalue weighted by Gasteiger charge is -2.28. The highest BCUT2D eigenvalue weighted by molar-refractivity contribution is 5.77. The van der Waals surface area contributed by atoms with E-state index < -0.39 is 0 Å². The summed E-state index contributed by atoms with van der Waals surface area (Å²) < 4.78 is 11.1. The Morgan fingerprint density at radius 3 is 3.23 bits per heavy atom. The van der Waals surface area contributed by atoms with Crippen molar-refractivity contribution in [3.63, 3.8) is 0 Å². The van der Waals surface area contributed by atoms with Crippen LogP contribution in [-0.4, -0.2) is 53.2 Å². The third-order valence-electron chi connectivity index (χ3n) is 4.16. The third-order valence-corrected chi connectivity index (χ3v) is 4.16. The molecular weight excluding hydrogens is 286 g/mol. The summed E-state index contributed by atoms with van der Waals surface area (Å²) in [7, 11) is 0. The van der Waals surface area contributed by atoms with E-state index in [1.807, 2.05) is 0 Å². The van der Waals surface area contributed by atoms with Gasteiger partial charge >= 0.3 is 0 Å². The number of fused-ring (bicyclic) bond motifs is 1. The zero-order valence-corrected chi connectivity index (χ0v) is 12.5. The molecule has 3 rings (SSSR count). The van der Waals surface area contributed by atoms with Crippen molar-refractivity contribution in [3.8, 4) is 0 Å². The lowest BCUT2D eigenvalue weighted by atomic mass is 10.1. The second kappa shape index (κ2) is 7.02. The van der Waals surface area contributed by atoms with Gasteiger partial charge in [-0.2, -0.15) is 0 Å². The molecule has 0 aliphatic carbocycles. The predicted octanol–water partition coefficient (Wildman–Crippen LogP) is 0.240. The molecule has 120 valence electrons. The summed E-state index contributed by atoms with van der Waals surface area (Å²) >= 11 is 0. The quantitative estimate of drug-likeness (QED) is 0.861. The highest BCUT2D eigenvalue weighted by Gasteiger charge is 2.24. The summed E-state index contributed by atoms with van der Waals surface area (Å²) in [5.74, 6) is -0.0929. The molecule has 0 saturated carbocycles. The Hall–Kier alpha value is -1.73. The molecule has 1 amide bonds. The fraction of sp³-hybridized carbons (Fsp3) is 0.667. The van der Waals surface area contributed by atoms with Gasteiger partial charge in [0.2, 0.25) is 5.91 Å². The van der Waals surface area contributed by atoms with Gasteiger partial charge in [0.15, 0.2) is 0 Å². The van der Waals surface area contributed by atoms with Crippen LogP contribution < -0.4 is 5.56 Å². The monoisotopic (exact) mass is 307 g/mol. The Balaban J connectivity index is 1.49. The largest absolute Gasteiger partial charge is 0.376 e. The molecule has 3 heterocycles. The van der Waals surface area contributed by atoms with Crippen LogP contribution in [0.4, 0.5) is 0 Å². The standard InChI is InChI=1S/C15H21N3O4/c19-14(9-21-8-11-3-1-2-6-22-11)18-5-4-13-12(7-18)15(20)17-10-16-13/h10-11H,1-9H2,(H,16,17,20)/t11-/m1/s1. The fourth-order valence-electron chi connectivity index (χ4n) is 2.87. The Labute approximate surface area is 128 Å². The number of hydrogen-bond acceptors (Lipinski definition) is 5. The number of hydrogen-bond donors (Lipinski definition) is 1. The van der Waals surface area contributed by atoms with Gasteiger partial charge in [-0.3, -0.25) is 9.59 Å². The Kier molecular flexibility index (Phi) is 4.84. The van der Waals surface area contributed by atoms with E-state index in [4.69, 9.17) is 9.47 Å². The molecule has 2 aliphatic rings. The van der Waals surface area contributed by atoms with Crippen molar-refractivity contribution in [1.29, 1.82) is 0 Å². The van der Waals surface area contributed by atoms with Crippen LogP contribution in [-0.2, 0) is 27.2 Å². The summed E-state index contributed by atoms with van der Waals surface area (Å²) in [6.07, 6.45) is 5.37. The average Bonchev–Trinajstić information content (AvgIpc) is 2.56.